The topological polar surface area (TPSA) is 126 Å². The molecule has 5 aromatic rings. The van der Waals surface area contributed by atoms with Gasteiger partial charge in [0, 0.05) is 23.1 Å². The van der Waals surface area contributed by atoms with Gasteiger partial charge in [-0.05, 0) is 71.8 Å². The summed E-state index contributed by atoms with van der Waals surface area (Å²) in [5.74, 6) is -2.92. The molecule has 6 rings (SSSR count). The number of hydrogen-bond donors (Lipinski definition) is 1. The highest BCUT2D eigenvalue weighted by molar-refractivity contribution is 7.00. The second-order valence-corrected chi connectivity index (χ2v) is 10.6. The van der Waals surface area contributed by atoms with Crippen molar-refractivity contribution in [1.82, 2.24) is 8.75 Å². The van der Waals surface area contributed by atoms with Crippen molar-refractivity contribution in [2.24, 2.45) is 0 Å². The van der Waals surface area contributed by atoms with Gasteiger partial charge >= 0.3 is 5.97 Å². The molecule has 0 spiro atoms. The van der Waals surface area contributed by atoms with Gasteiger partial charge in [0.15, 0.2) is 34.6 Å². The van der Waals surface area contributed by atoms with Crippen LogP contribution in [0, 0.1) is 11.6 Å². The molecule has 1 atom stereocenters. The molecule has 47 heavy (non-hydrogen) atoms. The van der Waals surface area contributed by atoms with Crippen LogP contribution in [-0.4, -0.2) is 54.5 Å². The van der Waals surface area contributed by atoms with Crippen LogP contribution in [0.1, 0.15) is 27.0 Å². The van der Waals surface area contributed by atoms with Gasteiger partial charge in [-0.15, -0.1) is 0 Å². The van der Waals surface area contributed by atoms with Crippen LogP contribution in [0.5, 0.6) is 23.0 Å². The molecular formula is C34H28F2N2O8S. The Bertz CT molecular complexity index is 2000. The lowest BCUT2D eigenvalue weighted by Crippen LogP contribution is -2.30. The van der Waals surface area contributed by atoms with Crippen molar-refractivity contribution >= 4 is 40.6 Å². The van der Waals surface area contributed by atoms with Crippen LogP contribution >= 0.6 is 11.7 Å². The van der Waals surface area contributed by atoms with Crippen molar-refractivity contribution < 1.29 is 47.2 Å². The number of fused-ring (bicyclic) bond motifs is 1. The Kier molecular flexibility index (Phi) is 9.78. The van der Waals surface area contributed by atoms with E-state index in [-0.39, 0.29) is 34.6 Å². The molecule has 1 N–H and O–H groups in total. The van der Waals surface area contributed by atoms with Crippen molar-refractivity contribution in [2.75, 3.05) is 28.4 Å². The van der Waals surface area contributed by atoms with Crippen LogP contribution in [0.15, 0.2) is 78.4 Å². The molecule has 1 aliphatic heterocycles. The van der Waals surface area contributed by atoms with Crippen molar-refractivity contribution in [3.8, 4) is 23.0 Å². The molecule has 0 radical (unpaired) electrons. The van der Waals surface area contributed by atoms with E-state index in [0.717, 1.165) is 17.8 Å². The van der Waals surface area contributed by atoms with E-state index in [9.17, 15) is 23.5 Å². The second kappa shape index (κ2) is 13.9. The molecule has 1 aromatic heterocycles. The predicted octanol–water partition coefficient (Wildman–Crippen LogP) is 5.90. The Labute approximate surface area is 272 Å². The number of aliphatic hydroxyl groups is 1. The number of methoxy groups -OCH3 is 4. The summed E-state index contributed by atoms with van der Waals surface area (Å²) >= 11 is 1.06. The lowest BCUT2D eigenvalue weighted by atomic mass is 9.88. The summed E-state index contributed by atoms with van der Waals surface area (Å²) in [5, 5.41) is 11.9. The van der Waals surface area contributed by atoms with Gasteiger partial charge in [-0.3, -0.25) is 4.79 Å². The third kappa shape index (κ3) is 6.62. The normalized spacial score (nSPS) is 15.5. The van der Waals surface area contributed by atoms with Crippen LogP contribution in [0.3, 0.4) is 0 Å². The molecule has 0 saturated heterocycles. The van der Waals surface area contributed by atoms with Crippen LogP contribution in [-0.2, 0) is 21.7 Å². The lowest BCUT2D eigenvalue weighted by molar-refractivity contribution is -0.185. The number of aldehydes is 1. The van der Waals surface area contributed by atoms with E-state index in [0.29, 0.717) is 45.5 Å². The highest BCUT2D eigenvalue weighted by atomic mass is 32.1. The van der Waals surface area contributed by atoms with Crippen molar-refractivity contribution in [3.05, 3.63) is 112 Å². The highest BCUT2D eigenvalue weighted by Gasteiger charge is 2.48. The zero-order valence-electron chi connectivity index (χ0n) is 25.6. The molecule has 242 valence electrons. The first-order valence-corrected chi connectivity index (χ1v) is 14.6. The molecule has 13 heteroatoms. The Morgan fingerprint density at radius 1 is 0.787 bits per heavy atom. The average molecular weight is 663 g/mol. The third-order valence-corrected chi connectivity index (χ3v) is 7.94. The molecule has 0 aliphatic carbocycles. The number of aromatic nitrogens is 2. The Hall–Kier alpha value is -5.40. The summed E-state index contributed by atoms with van der Waals surface area (Å²) in [6, 6.07) is 18.4. The molecule has 1 aliphatic rings. The summed E-state index contributed by atoms with van der Waals surface area (Å²) in [5.41, 5.74) is 3.27. The first kappa shape index (κ1) is 33.0. The first-order valence-electron chi connectivity index (χ1n) is 13.9. The zero-order valence-corrected chi connectivity index (χ0v) is 26.4. The number of esters is 1. The fraction of sp³-hybridized carbons (Fsp3) is 0.176. The number of hydrogen-bond acceptors (Lipinski definition) is 11. The van der Waals surface area contributed by atoms with Crippen molar-refractivity contribution in [1.29, 1.82) is 0 Å². The van der Waals surface area contributed by atoms with E-state index < -0.39 is 23.4 Å². The smallest absolute Gasteiger partial charge is 0.342 e. The first-order chi connectivity index (χ1) is 22.6. The van der Waals surface area contributed by atoms with Gasteiger partial charge in [0.05, 0.1) is 45.7 Å². The molecule has 0 amide bonds. The molecule has 0 fully saturated rings. The number of benzene rings is 4. The molecule has 0 saturated carbocycles. The van der Waals surface area contributed by atoms with E-state index in [1.54, 1.807) is 36.4 Å². The van der Waals surface area contributed by atoms with Gasteiger partial charge in [0.25, 0.3) is 5.79 Å². The number of rotatable bonds is 9. The van der Waals surface area contributed by atoms with Gasteiger partial charge < -0.3 is 28.8 Å². The second-order valence-electron chi connectivity index (χ2n) is 10.1. The third-order valence-electron chi connectivity index (χ3n) is 7.38. The fourth-order valence-corrected chi connectivity index (χ4v) is 5.55. The van der Waals surface area contributed by atoms with Crippen LogP contribution in [0.25, 0.3) is 16.6 Å². The Morgan fingerprint density at radius 2 is 1.43 bits per heavy atom. The molecule has 4 aromatic carbocycles. The zero-order chi connectivity index (χ0) is 33.7. The maximum absolute atomic E-state index is 14.5. The molecule has 1 unspecified atom stereocenters. The largest absolute Gasteiger partial charge is 0.494 e. The minimum Gasteiger partial charge on any atom is -0.494 e. The van der Waals surface area contributed by atoms with Crippen LogP contribution in [0.4, 0.5) is 8.78 Å². The molecular weight excluding hydrogens is 634 g/mol. The Balaban J connectivity index is 0.000000335. The van der Waals surface area contributed by atoms with E-state index in [4.69, 9.17) is 18.9 Å². The van der Waals surface area contributed by atoms with Gasteiger partial charge in [0.2, 0.25) is 0 Å². The van der Waals surface area contributed by atoms with Gasteiger partial charge in [-0.2, -0.15) is 8.75 Å². The predicted molar refractivity (Wildman–Crippen MR) is 169 cm³/mol. The number of carbonyl (C=O) groups excluding carboxylic acids is 2. The van der Waals surface area contributed by atoms with Crippen molar-refractivity contribution in [2.45, 2.75) is 12.2 Å². The van der Waals surface area contributed by atoms with E-state index in [1.165, 1.54) is 58.8 Å². The lowest BCUT2D eigenvalue weighted by Gasteiger charge is -2.26. The fourth-order valence-electron chi connectivity index (χ4n) is 5.04. The SMILES string of the molecule is COc1ccc(C=O)cc1F.COc1ccc(CC2=C(c3ccc4nsnc4c3)C(=O)OC2(O)c2ccc(OC)c(OC)c2)cc1F. The number of nitrogens with zero attached hydrogens (tertiary/aromatic N) is 2. The van der Waals surface area contributed by atoms with Crippen molar-refractivity contribution in [3.63, 3.8) is 0 Å². The van der Waals surface area contributed by atoms with E-state index in [1.807, 2.05) is 0 Å². The summed E-state index contributed by atoms with van der Waals surface area (Å²) in [6.07, 6.45) is 0.600. The maximum Gasteiger partial charge on any atom is 0.342 e. The van der Waals surface area contributed by atoms with E-state index in [2.05, 4.69) is 13.5 Å². The number of halogens is 2. The quantitative estimate of drug-likeness (QED) is 0.151. The number of carbonyl (C=O) groups is 2. The van der Waals surface area contributed by atoms with Gasteiger partial charge in [-0.25, -0.2) is 13.6 Å². The molecule has 2 heterocycles. The van der Waals surface area contributed by atoms with Crippen LogP contribution in [0.2, 0.25) is 0 Å². The van der Waals surface area contributed by atoms with E-state index >= 15 is 0 Å². The molecule has 0 bridgehead atoms. The summed E-state index contributed by atoms with van der Waals surface area (Å²) in [6.45, 7) is 0. The minimum atomic E-state index is -2.14. The average Bonchev–Trinajstić information content (AvgIpc) is 3.65. The molecule has 10 nitrogen and oxygen atoms in total. The summed E-state index contributed by atoms with van der Waals surface area (Å²) < 4.78 is 61.7. The summed E-state index contributed by atoms with van der Waals surface area (Å²) in [7, 11) is 5.71. The van der Waals surface area contributed by atoms with Crippen LogP contribution < -0.4 is 18.9 Å². The monoisotopic (exact) mass is 662 g/mol. The number of cyclic esters (lactones) is 1. The standard InChI is InChI=1S/C26H21FN2O6S.C8H7FO2/c1-32-21-8-4-14(11-18(21)27)10-17-24(15-5-7-19-20(12-15)29-36-28-19)25(30)35-26(17,31)16-6-9-22(33-2)23(13-16)34-3;1-11-8-3-2-6(5-10)4-7(8)9/h4-9,11-13,31H,10H2,1-3H3;2-5H,1H3. The maximum atomic E-state index is 14.5. The minimum absolute atomic E-state index is 0.0141. The Morgan fingerprint density at radius 3 is 2.06 bits per heavy atom. The highest BCUT2D eigenvalue weighted by Crippen LogP contribution is 2.46. The van der Waals surface area contributed by atoms with Gasteiger partial charge in [0.1, 0.15) is 17.3 Å². The van der Waals surface area contributed by atoms with Gasteiger partial charge in [-0.1, -0.05) is 12.1 Å². The number of ether oxygens (including phenoxy) is 5. The summed E-state index contributed by atoms with van der Waals surface area (Å²) in [4.78, 5) is 23.4.